The normalized spacial score (nSPS) is 9.69. The van der Waals surface area contributed by atoms with Gasteiger partial charge in [0.15, 0.2) is 0 Å². The zero-order valence-corrected chi connectivity index (χ0v) is 7.34. The first kappa shape index (κ1) is 9.71. The fourth-order valence-corrected chi connectivity index (χ4v) is 0.976. The number of hydrogen-bond donors (Lipinski definition) is 0. The SMILES string of the molecule is COC(=O)CCc1c[c]ccc1F. The zero-order chi connectivity index (χ0) is 9.68. The van der Waals surface area contributed by atoms with Crippen LogP contribution in [-0.2, 0) is 16.0 Å². The summed E-state index contributed by atoms with van der Waals surface area (Å²) in [6, 6.07) is 7.11. The first-order chi connectivity index (χ1) is 6.24. The van der Waals surface area contributed by atoms with Crippen LogP contribution in [0.4, 0.5) is 4.39 Å². The van der Waals surface area contributed by atoms with Crippen molar-refractivity contribution in [3.05, 3.63) is 35.6 Å². The highest BCUT2D eigenvalue weighted by Crippen LogP contribution is 2.08. The van der Waals surface area contributed by atoms with Gasteiger partial charge < -0.3 is 4.74 Å². The molecule has 0 aliphatic carbocycles. The molecule has 1 rings (SSSR count). The molecule has 1 aromatic carbocycles. The number of methoxy groups -OCH3 is 1. The Morgan fingerprint density at radius 1 is 1.69 bits per heavy atom. The van der Waals surface area contributed by atoms with Gasteiger partial charge in [0.2, 0.25) is 0 Å². The molecule has 69 valence electrons. The monoisotopic (exact) mass is 181 g/mol. The second kappa shape index (κ2) is 4.60. The average Bonchev–Trinajstić information content (AvgIpc) is 2.16. The van der Waals surface area contributed by atoms with Gasteiger partial charge in [-0.2, -0.15) is 0 Å². The van der Waals surface area contributed by atoms with Crippen molar-refractivity contribution in [3.8, 4) is 0 Å². The number of rotatable bonds is 3. The molecule has 2 nitrogen and oxygen atoms in total. The molecule has 0 heterocycles. The molecule has 1 radical (unpaired) electrons. The van der Waals surface area contributed by atoms with E-state index >= 15 is 0 Å². The van der Waals surface area contributed by atoms with E-state index in [0.717, 1.165) is 0 Å². The zero-order valence-electron chi connectivity index (χ0n) is 7.34. The Bertz CT molecular complexity index is 297. The van der Waals surface area contributed by atoms with Gasteiger partial charge >= 0.3 is 5.97 Å². The lowest BCUT2D eigenvalue weighted by Crippen LogP contribution is -2.02. The molecule has 0 saturated heterocycles. The fraction of sp³-hybridized carbons (Fsp3) is 0.300. The van der Waals surface area contributed by atoms with Crippen LogP contribution in [-0.4, -0.2) is 13.1 Å². The van der Waals surface area contributed by atoms with Crippen LogP contribution < -0.4 is 0 Å². The summed E-state index contributed by atoms with van der Waals surface area (Å²) in [5.41, 5.74) is 0.493. The number of halogens is 1. The van der Waals surface area contributed by atoms with E-state index in [-0.39, 0.29) is 18.2 Å². The third-order valence-corrected chi connectivity index (χ3v) is 1.72. The van der Waals surface area contributed by atoms with E-state index in [1.54, 1.807) is 0 Å². The Hall–Kier alpha value is -1.38. The average molecular weight is 181 g/mol. The van der Waals surface area contributed by atoms with Crippen LogP contribution in [0.25, 0.3) is 0 Å². The van der Waals surface area contributed by atoms with Crippen molar-refractivity contribution in [3.63, 3.8) is 0 Å². The number of benzene rings is 1. The topological polar surface area (TPSA) is 26.3 Å². The fourth-order valence-electron chi connectivity index (χ4n) is 0.976. The van der Waals surface area contributed by atoms with E-state index in [1.807, 2.05) is 0 Å². The van der Waals surface area contributed by atoms with Gasteiger partial charge in [-0.05, 0) is 30.2 Å². The van der Waals surface area contributed by atoms with Crippen molar-refractivity contribution in [1.82, 2.24) is 0 Å². The molecular formula is C10H10FO2. The van der Waals surface area contributed by atoms with Gasteiger partial charge in [0.05, 0.1) is 7.11 Å². The van der Waals surface area contributed by atoms with Crippen LogP contribution in [0.3, 0.4) is 0 Å². The van der Waals surface area contributed by atoms with Crippen LogP contribution in [0.2, 0.25) is 0 Å². The van der Waals surface area contributed by atoms with E-state index in [2.05, 4.69) is 10.8 Å². The van der Waals surface area contributed by atoms with Gasteiger partial charge in [0, 0.05) is 6.42 Å². The van der Waals surface area contributed by atoms with Crippen LogP contribution >= 0.6 is 0 Å². The van der Waals surface area contributed by atoms with Gasteiger partial charge in [0.25, 0.3) is 0 Å². The van der Waals surface area contributed by atoms with Crippen LogP contribution in [0.1, 0.15) is 12.0 Å². The lowest BCUT2D eigenvalue weighted by atomic mass is 10.1. The van der Waals surface area contributed by atoms with Crippen molar-refractivity contribution in [1.29, 1.82) is 0 Å². The number of carbonyl (C=O) groups is 1. The summed E-state index contributed by atoms with van der Waals surface area (Å²) < 4.78 is 17.4. The smallest absolute Gasteiger partial charge is 0.305 e. The summed E-state index contributed by atoms with van der Waals surface area (Å²) in [7, 11) is 1.32. The third-order valence-electron chi connectivity index (χ3n) is 1.72. The molecule has 0 aromatic heterocycles. The predicted molar refractivity (Wildman–Crippen MR) is 45.6 cm³/mol. The molecule has 0 atom stereocenters. The number of carbonyl (C=O) groups excluding carboxylic acids is 1. The summed E-state index contributed by atoms with van der Waals surface area (Å²) in [6.45, 7) is 0. The lowest BCUT2D eigenvalue weighted by Gasteiger charge is -2.00. The minimum absolute atomic E-state index is 0.200. The van der Waals surface area contributed by atoms with Crippen LogP contribution in [0.15, 0.2) is 18.2 Å². The summed E-state index contributed by atoms with van der Waals surface area (Å²) in [4.78, 5) is 10.7. The molecule has 0 saturated carbocycles. The molecule has 0 fully saturated rings. The van der Waals surface area contributed by atoms with Crippen molar-refractivity contribution < 1.29 is 13.9 Å². The van der Waals surface area contributed by atoms with Crippen molar-refractivity contribution in [2.45, 2.75) is 12.8 Å². The van der Waals surface area contributed by atoms with Gasteiger partial charge in [0.1, 0.15) is 5.82 Å². The van der Waals surface area contributed by atoms with Crippen LogP contribution in [0, 0.1) is 11.9 Å². The molecule has 1 aromatic rings. The Morgan fingerprint density at radius 2 is 2.46 bits per heavy atom. The quantitative estimate of drug-likeness (QED) is 0.664. The van der Waals surface area contributed by atoms with Gasteiger partial charge in [-0.25, -0.2) is 4.39 Å². The molecule has 0 spiro atoms. The summed E-state index contributed by atoms with van der Waals surface area (Å²) >= 11 is 0. The van der Waals surface area contributed by atoms with Gasteiger partial charge in [-0.1, -0.05) is 6.07 Å². The Morgan fingerprint density at radius 3 is 3.08 bits per heavy atom. The summed E-state index contributed by atoms with van der Waals surface area (Å²) in [5, 5.41) is 0. The first-order valence-corrected chi connectivity index (χ1v) is 3.95. The van der Waals surface area contributed by atoms with Crippen molar-refractivity contribution in [2.24, 2.45) is 0 Å². The Balaban J connectivity index is 2.54. The van der Waals surface area contributed by atoms with E-state index in [9.17, 15) is 9.18 Å². The van der Waals surface area contributed by atoms with Gasteiger partial charge in [-0.3, -0.25) is 4.79 Å². The van der Waals surface area contributed by atoms with Crippen molar-refractivity contribution in [2.75, 3.05) is 7.11 Å². The second-order valence-electron chi connectivity index (χ2n) is 2.59. The van der Waals surface area contributed by atoms with E-state index in [0.29, 0.717) is 12.0 Å². The van der Waals surface area contributed by atoms with E-state index < -0.39 is 0 Å². The maximum Gasteiger partial charge on any atom is 0.305 e. The summed E-state index contributed by atoms with van der Waals surface area (Å²) in [5.74, 6) is -0.633. The molecule has 13 heavy (non-hydrogen) atoms. The van der Waals surface area contributed by atoms with Crippen molar-refractivity contribution >= 4 is 5.97 Å². The number of ether oxygens (including phenoxy) is 1. The molecule has 3 heteroatoms. The molecule has 0 N–H and O–H groups in total. The first-order valence-electron chi connectivity index (χ1n) is 3.95. The number of esters is 1. The highest BCUT2D eigenvalue weighted by molar-refractivity contribution is 5.69. The Labute approximate surface area is 76.3 Å². The second-order valence-corrected chi connectivity index (χ2v) is 2.59. The molecule has 0 unspecified atom stereocenters. The number of aryl methyl sites for hydroxylation is 1. The van der Waals surface area contributed by atoms with E-state index in [4.69, 9.17) is 0 Å². The third kappa shape index (κ3) is 2.86. The van der Waals surface area contributed by atoms with Crippen LogP contribution in [0.5, 0.6) is 0 Å². The largest absolute Gasteiger partial charge is 0.469 e. The minimum Gasteiger partial charge on any atom is -0.469 e. The highest BCUT2D eigenvalue weighted by Gasteiger charge is 2.04. The molecule has 0 bridgehead atoms. The maximum atomic E-state index is 13.0. The molecule has 0 amide bonds. The lowest BCUT2D eigenvalue weighted by molar-refractivity contribution is -0.140. The maximum absolute atomic E-state index is 13.0. The number of hydrogen-bond acceptors (Lipinski definition) is 2. The molecular weight excluding hydrogens is 171 g/mol. The molecule has 0 aliphatic rings. The van der Waals surface area contributed by atoms with E-state index in [1.165, 1.54) is 25.3 Å². The van der Waals surface area contributed by atoms with Gasteiger partial charge in [-0.15, -0.1) is 0 Å². The molecule has 0 aliphatic heterocycles. The highest BCUT2D eigenvalue weighted by atomic mass is 19.1. The summed E-state index contributed by atoms with van der Waals surface area (Å²) in [6.07, 6.45) is 0.557. The minimum atomic E-state index is -0.330. The Kier molecular flexibility index (Phi) is 3.43. The predicted octanol–water partition coefficient (Wildman–Crippen LogP) is 1.73. The standard InChI is InChI=1S/C10H10FO2/c1-13-10(12)7-6-8-4-2-3-5-9(8)11/h3-5H,6-7H2,1H3.